The van der Waals surface area contributed by atoms with Gasteiger partial charge in [-0.3, -0.25) is 4.79 Å². The molecule has 0 aliphatic rings. The summed E-state index contributed by atoms with van der Waals surface area (Å²) >= 11 is 0. The van der Waals surface area contributed by atoms with Crippen LogP contribution in [0, 0.1) is 0 Å². The zero-order chi connectivity index (χ0) is 10.1. The Morgan fingerprint density at radius 3 is 2.11 bits per heavy atom. The Bertz CT molecular complexity index is 518. The van der Waals surface area contributed by atoms with E-state index in [0.717, 1.165) is 10.8 Å². The van der Waals surface area contributed by atoms with Gasteiger partial charge in [0.05, 0.1) is 5.56 Å². The number of ketones is 1. The van der Waals surface area contributed by atoms with Gasteiger partial charge in [-0.05, 0) is 18.4 Å². The first-order chi connectivity index (χ1) is 6.70. The Kier molecular flexibility index (Phi) is 12.1. The third kappa shape index (κ3) is 4.38. The van der Waals surface area contributed by atoms with Crippen LogP contribution < -0.4 is 37.2 Å². The van der Waals surface area contributed by atoms with Crippen molar-refractivity contribution >= 4 is 16.6 Å². The third-order valence-electron chi connectivity index (χ3n) is 2.28. The van der Waals surface area contributed by atoms with Gasteiger partial charge in [-0.2, -0.15) is 0 Å². The van der Waals surface area contributed by atoms with E-state index in [2.05, 4.69) is 0 Å². The first-order valence-corrected chi connectivity index (χ1v) is 4.42. The van der Waals surface area contributed by atoms with Crippen molar-refractivity contribution in [1.82, 2.24) is 0 Å². The predicted molar refractivity (Wildman–Crippen MR) is 55.6 cm³/mol. The maximum absolute atomic E-state index is 11.1. The average molecular weight is 344 g/mol. The van der Waals surface area contributed by atoms with Gasteiger partial charge < -0.3 is 42.3 Å². The van der Waals surface area contributed by atoms with E-state index in [-0.39, 0.29) is 67.3 Å². The zero-order valence-corrected chi connectivity index (χ0v) is 13.1. The summed E-state index contributed by atoms with van der Waals surface area (Å²) < 4.78 is 0. The van der Waals surface area contributed by atoms with E-state index in [9.17, 15) is 9.90 Å². The van der Waals surface area contributed by atoms with Gasteiger partial charge in [0.2, 0.25) is 0 Å². The number of phenols is 1. The molecule has 2 aromatic rings. The van der Waals surface area contributed by atoms with Crippen LogP contribution in [-0.4, -0.2) is 10.9 Å². The first kappa shape index (κ1) is 22.8. The average Bonchev–Trinajstić information content (AvgIpc) is 2.18. The maximum Gasteiger partial charge on any atom is 0.163 e. The van der Waals surface area contributed by atoms with Gasteiger partial charge >= 0.3 is 0 Å². The van der Waals surface area contributed by atoms with E-state index in [0.29, 0.717) is 5.56 Å². The van der Waals surface area contributed by atoms with Gasteiger partial charge in [0, 0.05) is 23.9 Å². The minimum Gasteiger partial charge on any atom is -1.00 e. The number of hydrogen-bond acceptors (Lipinski definition) is 2. The third-order valence-corrected chi connectivity index (χ3v) is 2.28. The molecule has 6 heteroatoms. The number of aromatic hydroxyl groups is 1. The Hall–Kier alpha value is -0.376. The summed E-state index contributed by atoms with van der Waals surface area (Å²) in [4.78, 5) is 11.1. The van der Waals surface area contributed by atoms with Crippen LogP contribution in [0.25, 0.3) is 10.8 Å². The Balaban J connectivity index is -0.000000562. The van der Waals surface area contributed by atoms with Gasteiger partial charge in [-0.15, -0.1) is 0 Å². The molecule has 18 heavy (non-hydrogen) atoms. The molecule has 0 aliphatic heterocycles. The van der Waals surface area contributed by atoms with Gasteiger partial charge in [0.15, 0.2) is 5.78 Å². The predicted octanol–water partition coefficient (Wildman–Crippen LogP) is -6.24. The van der Waals surface area contributed by atoms with Crippen LogP contribution in [0.5, 0.6) is 5.75 Å². The Labute approximate surface area is 136 Å². The summed E-state index contributed by atoms with van der Waals surface area (Å²) in [5, 5.41) is 11.5. The number of benzene rings is 2. The first-order valence-electron chi connectivity index (χ1n) is 4.42. The van der Waals surface area contributed by atoms with Gasteiger partial charge in [-0.1, -0.05) is 30.3 Å². The summed E-state index contributed by atoms with van der Waals surface area (Å²) in [7, 11) is 0. The Morgan fingerprint density at radius 2 is 1.56 bits per heavy atom. The number of fused-ring (bicyclic) bond motifs is 1. The smallest absolute Gasteiger partial charge is 0.163 e. The molecule has 99 valence electrons. The van der Waals surface area contributed by atoms with Crippen LogP contribution in [0.15, 0.2) is 36.4 Å². The van der Waals surface area contributed by atoms with Crippen LogP contribution >= 0.6 is 0 Å². The van der Waals surface area contributed by atoms with E-state index < -0.39 is 0 Å². The van der Waals surface area contributed by atoms with Crippen LogP contribution in [0.3, 0.4) is 0 Å². The molecule has 0 aromatic heterocycles. The molecule has 0 fully saturated rings. The monoisotopic (exact) mass is 342 g/mol. The number of hydrogen-bond donors (Lipinski definition) is 1. The number of phenolic OH excluding ortho intramolecular Hbond substituents is 1. The minimum atomic E-state index is -0.117. The van der Waals surface area contributed by atoms with Crippen molar-refractivity contribution in [2.24, 2.45) is 0 Å². The molecule has 0 aliphatic carbocycles. The van der Waals surface area contributed by atoms with Crippen molar-refractivity contribution in [1.29, 1.82) is 0 Å². The van der Waals surface area contributed by atoms with E-state index in [4.69, 9.17) is 0 Å². The zero-order valence-electron chi connectivity index (χ0n) is 9.40. The van der Waals surface area contributed by atoms with Gasteiger partial charge in [-0.25, -0.2) is 0 Å². The maximum atomic E-state index is 11.1. The van der Waals surface area contributed by atoms with Crippen LogP contribution in [0.1, 0.15) is 17.3 Å². The molecule has 0 heterocycles. The second-order valence-corrected chi connectivity index (χ2v) is 3.24. The fraction of sp³-hybridized carbons (Fsp3) is 0.0833. The normalized spacial score (nSPS) is 8.06. The second-order valence-electron chi connectivity index (χ2n) is 3.24. The number of halogens is 3. The molecule has 0 saturated carbocycles. The van der Waals surface area contributed by atoms with Crippen molar-refractivity contribution in [3.8, 4) is 5.75 Å². The summed E-state index contributed by atoms with van der Waals surface area (Å²) in [6.07, 6.45) is 0. The van der Waals surface area contributed by atoms with Gasteiger partial charge in [0.1, 0.15) is 5.75 Å². The molecule has 0 bridgehead atoms. The molecule has 2 nitrogen and oxygen atoms in total. The van der Waals surface area contributed by atoms with E-state index in [1.165, 1.54) is 6.92 Å². The van der Waals surface area contributed by atoms with E-state index >= 15 is 0 Å². The van der Waals surface area contributed by atoms with Crippen molar-refractivity contribution in [3.63, 3.8) is 0 Å². The van der Waals surface area contributed by atoms with Crippen molar-refractivity contribution in [2.45, 2.75) is 6.92 Å². The van der Waals surface area contributed by atoms with Crippen molar-refractivity contribution in [2.75, 3.05) is 0 Å². The summed E-state index contributed by atoms with van der Waals surface area (Å²) in [5.74, 6) is -0.0381. The van der Waals surface area contributed by atoms with Gasteiger partial charge in [0.25, 0.3) is 0 Å². The van der Waals surface area contributed by atoms with E-state index in [1.54, 1.807) is 12.1 Å². The summed E-state index contributed by atoms with van der Waals surface area (Å²) in [5.41, 5.74) is 0.378. The fourth-order valence-electron chi connectivity index (χ4n) is 1.54. The standard InChI is InChI=1S/C12H10O2.3ClH.V/c1-8(13)10-7-6-9-4-2-3-5-11(9)12(10)14;;;;/h2-7,14H,1H3;3*1H;/p-3. The van der Waals surface area contributed by atoms with Crippen molar-refractivity contribution < 1.29 is 65.7 Å². The molecule has 1 radical (unpaired) electrons. The largest absolute Gasteiger partial charge is 1.00 e. The molecule has 0 spiro atoms. The molecule has 1 N–H and O–H groups in total. The summed E-state index contributed by atoms with van der Waals surface area (Å²) in [6.45, 7) is 1.45. The molecule has 0 amide bonds. The number of carbonyl (C=O) groups is 1. The van der Waals surface area contributed by atoms with Crippen LogP contribution in [0.4, 0.5) is 0 Å². The molecule has 2 rings (SSSR count). The second kappa shape index (κ2) is 9.54. The topological polar surface area (TPSA) is 37.3 Å². The SMILES string of the molecule is CC(=O)c1ccc2ccccc2c1O.[Cl-].[Cl-].[Cl-].[V]. The quantitative estimate of drug-likeness (QED) is 0.523. The molecule has 2 aromatic carbocycles. The molecular weight excluding hydrogens is 333 g/mol. The van der Waals surface area contributed by atoms with E-state index in [1.807, 2.05) is 24.3 Å². The Morgan fingerprint density at radius 1 is 1.00 bits per heavy atom. The fourth-order valence-corrected chi connectivity index (χ4v) is 1.54. The van der Waals surface area contributed by atoms with Crippen molar-refractivity contribution in [3.05, 3.63) is 42.0 Å². The number of rotatable bonds is 1. The van der Waals surface area contributed by atoms with Crippen LogP contribution in [0.2, 0.25) is 0 Å². The number of carbonyl (C=O) groups excluding carboxylic acids is 1. The molecule has 0 saturated heterocycles. The minimum absolute atomic E-state index is 0. The van der Waals surface area contributed by atoms with Crippen LogP contribution in [-0.2, 0) is 18.6 Å². The molecule has 0 unspecified atom stereocenters. The number of Topliss-reactive ketones (excluding diaryl/α,β-unsaturated/α-hetero) is 1. The summed E-state index contributed by atoms with van der Waals surface area (Å²) in [6, 6.07) is 10.9. The molecule has 0 atom stereocenters. The molecular formula is C12H10Cl3O2V-3.